The van der Waals surface area contributed by atoms with Gasteiger partial charge in [-0.1, -0.05) is 0 Å². The van der Waals surface area contributed by atoms with Crippen molar-refractivity contribution in [3.63, 3.8) is 0 Å². The van der Waals surface area contributed by atoms with Crippen molar-refractivity contribution in [1.82, 2.24) is 25.2 Å². The van der Waals surface area contributed by atoms with Gasteiger partial charge >= 0.3 is 5.97 Å². The quantitative estimate of drug-likeness (QED) is 0.815. The van der Waals surface area contributed by atoms with Crippen LogP contribution in [0.25, 0.3) is 11.4 Å². The number of halogens is 1. The van der Waals surface area contributed by atoms with Gasteiger partial charge in [-0.3, -0.25) is 9.78 Å². The second-order valence-electron chi connectivity index (χ2n) is 4.00. The van der Waals surface area contributed by atoms with Gasteiger partial charge < -0.3 is 9.84 Å². The molecular weight excluding hydrogens is 269 g/mol. The minimum absolute atomic E-state index is 0.104. The Bertz CT molecular complexity index is 603. The highest BCUT2D eigenvalue weighted by atomic mass is 19.1. The Kier molecular flexibility index (Phi) is 4.31. The third-order valence-electron chi connectivity index (χ3n) is 2.66. The first kappa shape index (κ1) is 14.0. The first-order chi connectivity index (χ1) is 9.61. The van der Waals surface area contributed by atoms with Crippen molar-refractivity contribution in [2.75, 3.05) is 7.11 Å². The number of hydrogen-bond acceptors (Lipinski definition) is 6. The van der Waals surface area contributed by atoms with Crippen LogP contribution in [0.4, 0.5) is 4.39 Å². The van der Waals surface area contributed by atoms with Gasteiger partial charge in [-0.15, -0.1) is 5.10 Å². The molecule has 0 saturated carbocycles. The van der Waals surface area contributed by atoms with Crippen LogP contribution in [-0.2, 0) is 16.1 Å². The summed E-state index contributed by atoms with van der Waals surface area (Å²) in [6, 6.07) is 1.44. The molecule has 20 heavy (non-hydrogen) atoms. The number of carbonyl (C=O) groups is 1. The number of ether oxygens (including phenoxy) is 1. The van der Waals surface area contributed by atoms with Gasteiger partial charge in [-0.25, -0.2) is 9.07 Å². The van der Waals surface area contributed by atoms with Crippen LogP contribution < -0.4 is 0 Å². The molecule has 2 aromatic rings. The highest BCUT2D eigenvalue weighted by molar-refractivity contribution is 5.67. The average molecular weight is 281 g/mol. The third-order valence-corrected chi connectivity index (χ3v) is 2.66. The van der Waals surface area contributed by atoms with Crippen molar-refractivity contribution in [1.29, 1.82) is 0 Å². The van der Waals surface area contributed by atoms with E-state index in [-0.39, 0.29) is 24.4 Å². The minimum atomic E-state index is -0.999. The molecule has 106 valence electrons. The molecule has 1 atom stereocenters. The Morgan fingerprint density at radius 3 is 3.05 bits per heavy atom. The van der Waals surface area contributed by atoms with E-state index in [2.05, 4.69) is 20.5 Å². The van der Waals surface area contributed by atoms with Crippen LogP contribution in [0, 0.1) is 5.82 Å². The molecular formula is C11H12FN5O3. The molecule has 0 amide bonds. The van der Waals surface area contributed by atoms with E-state index in [0.717, 1.165) is 6.20 Å². The molecule has 0 aliphatic carbocycles. The Labute approximate surface area is 113 Å². The van der Waals surface area contributed by atoms with Gasteiger partial charge in [0.2, 0.25) is 0 Å². The van der Waals surface area contributed by atoms with Gasteiger partial charge in [-0.2, -0.15) is 0 Å². The molecule has 2 heterocycles. The zero-order chi connectivity index (χ0) is 14.5. The summed E-state index contributed by atoms with van der Waals surface area (Å²) in [4.78, 5) is 14.3. The molecule has 0 fully saturated rings. The maximum Gasteiger partial charge on any atom is 0.306 e. The summed E-state index contributed by atoms with van der Waals surface area (Å²) in [5.74, 6) is -1.37. The fourth-order valence-electron chi connectivity index (χ4n) is 1.69. The first-order valence-electron chi connectivity index (χ1n) is 5.72. The lowest BCUT2D eigenvalue weighted by Crippen LogP contribution is -2.23. The summed E-state index contributed by atoms with van der Waals surface area (Å²) >= 11 is 0. The molecule has 9 heteroatoms. The average Bonchev–Trinajstić information content (AvgIpc) is 2.86. The SMILES string of the molecule is COC(CC(=O)O)Cn1nnnc1-c1ccncc1F. The lowest BCUT2D eigenvalue weighted by atomic mass is 10.2. The number of rotatable bonds is 6. The molecule has 0 aliphatic rings. The molecule has 2 aromatic heterocycles. The van der Waals surface area contributed by atoms with E-state index in [1.165, 1.54) is 24.1 Å². The van der Waals surface area contributed by atoms with Crippen molar-refractivity contribution < 1.29 is 19.0 Å². The van der Waals surface area contributed by atoms with Crippen molar-refractivity contribution in [3.05, 3.63) is 24.3 Å². The van der Waals surface area contributed by atoms with Crippen LogP contribution in [-0.4, -0.2) is 49.5 Å². The Hall–Kier alpha value is -2.42. The predicted octanol–water partition coefficient (Wildman–Crippen LogP) is 0.364. The van der Waals surface area contributed by atoms with Crippen LogP contribution >= 0.6 is 0 Å². The Balaban J connectivity index is 2.25. The van der Waals surface area contributed by atoms with Crippen LogP contribution in [0.5, 0.6) is 0 Å². The maximum atomic E-state index is 13.7. The number of hydrogen-bond donors (Lipinski definition) is 1. The first-order valence-corrected chi connectivity index (χ1v) is 5.72. The maximum absolute atomic E-state index is 13.7. The lowest BCUT2D eigenvalue weighted by Gasteiger charge is -2.13. The summed E-state index contributed by atoms with van der Waals surface area (Å²) in [5, 5.41) is 19.7. The minimum Gasteiger partial charge on any atom is -0.481 e. The number of methoxy groups -OCH3 is 1. The number of aliphatic carboxylic acids is 1. The number of carboxylic acid groups (broad SMARTS) is 1. The third kappa shape index (κ3) is 3.12. The molecule has 2 rings (SSSR count). The van der Waals surface area contributed by atoms with Crippen molar-refractivity contribution in [3.8, 4) is 11.4 Å². The Morgan fingerprint density at radius 2 is 2.40 bits per heavy atom. The van der Waals surface area contributed by atoms with Gasteiger partial charge in [0.05, 0.1) is 30.8 Å². The molecule has 1 unspecified atom stereocenters. The van der Waals surface area contributed by atoms with E-state index in [1.54, 1.807) is 0 Å². The number of pyridine rings is 1. The van der Waals surface area contributed by atoms with E-state index in [1.807, 2.05) is 0 Å². The second-order valence-corrected chi connectivity index (χ2v) is 4.00. The largest absolute Gasteiger partial charge is 0.481 e. The monoisotopic (exact) mass is 281 g/mol. The van der Waals surface area contributed by atoms with Crippen LogP contribution in [0.1, 0.15) is 6.42 Å². The van der Waals surface area contributed by atoms with Gasteiger partial charge in [0.15, 0.2) is 11.6 Å². The molecule has 1 N–H and O–H groups in total. The van der Waals surface area contributed by atoms with Crippen molar-refractivity contribution in [2.45, 2.75) is 19.1 Å². The lowest BCUT2D eigenvalue weighted by molar-refractivity contribution is -0.140. The summed E-state index contributed by atoms with van der Waals surface area (Å²) in [7, 11) is 1.39. The standard InChI is InChI=1S/C11H12FN5O3/c1-20-7(4-10(18)19)6-17-11(14-15-16-17)8-2-3-13-5-9(8)12/h2-3,5,7H,4,6H2,1H3,(H,18,19). The summed E-state index contributed by atoms with van der Waals surface area (Å²) in [5.41, 5.74) is 0.190. The second kappa shape index (κ2) is 6.15. The smallest absolute Gasteiger partial charge is 0.306 e. The summed E-state index contributed by atoms with van der Waals surface area (Å²) < 4.78 is 20.0. The number of aromatic nitrogens is 5. The molecule has 0 aliphatic heterocycles. The van der Waals surface area contributed by atoms with Crippen LogP contribution in [0.15, 0.2) is 18.5 Å². The fourth-order valence-corrected chi connectivity index (χ4v) is 1.69. The predicted molar refractivity (Wildman–Crippen MR) is 64.1 cm³/mol. The fraction of sp³-hybridized carbons (Fsp3) is 0.364. The molecule has 0 bridgehead atoms. The molecule has 8 nitrogen and oxygen atoms in total. The van der Waals surface area contributed by atoms with E-state index in [4.69, 9.17) is 9.84 Å². The molecule has 0 radical (unpaired) electrons. The molecule has 0 saturated heterocycles. The zero-order valence-electron chi connectivity index (χ0n) is 10.6. The normalized spacial score (nSPS) is 12.3. The van der Waals surface area contributed by atoms with Crippen LogP contribution in [0.3, 0.4) is 0 Å². The number of carboxylic acids is 1. The van der Waals surface area contributed by atoms with Gasteiger partial charge in [-0.05, 0) is 16.5 Å². The van der Waals surface area contributed by atoms with Crippen molar-refractivity contribution >= 4 is 5.97 Å². The van der Waals surface area contributed by atoms with E-state index < -0.39 is 17.9 Å². The van der Waals surface area contributed by atoms with E-state index >= 15 is 0 Å². The Morgan fingerprint density at radius 1 is 1.60 bits per heavy atom. The highest BCUT2D eigenvalue weighted by Crippen LogP contribution is 2.19. The van der Waals surface area contributed by atoms with E-state index in [9.17, 15) is 9.18 Å². The van der Waals surface area contributed by atoms with Crippen LogP contribution in [0.2, 0.25) is 0 Å². The molecule has 0 aromatic carbocycles. The van der Waals surface area contributed by atoms with E-state index in [0.29, 0.717) is 0 Å². The topological polar surface area (TPSA) is 103 Å². The van der Waals surface area contributed by atoms with Crippen molar-refractivity contribution in [2.24, 2.45) is 0 Å². The van der Waals surface area contributed by atoms with Gasteiger partial charge in [0, 0.05) is 13.3 Å². The van der Waals surface area contributed by atoms with Gasteiger partial charge in [0.1, 0.15) is 0 Å². The van der Waals surface area contributed by atoms with Gasteiger partial charge in [0.25, 0.3) is 0 Å². The number of tetrazole rings is 1. The number of nitrogens with zero attached hydrogens (tertiary/aromatic N) is 5. The summed E-state index contributed by atoms with van der Waals surface area (Å²) in [6.45, 7) is 0.104. The highest BCUT2D eigenvalue weighted by Gasteiger charge is 2.19. The zero-order valence-corrected chi connectivity index (χ0v) is 10.6. The summed E-state index contributed by atoms with van der Waals surface area (Å²) in [6.07, 6.45) is 1.66. The molecule has 0 spiro atoms.